The van der Waals surface area contributed by atoms with Crippen molar-refractivity contribution in [1.29, 1.82) is 0 Å². The minimum Gasteiger partial charge on any atom is -0.465 e. The lowest BCUT2D eigenvalue weighted by atomic mass is 9.85. The number of Topliss-reactive ketones (excluding diaryl/α,β-unsaturated/α-hetero) is 1. The molecule has 0 N–H and O–H groups in total. The highest BCUT2D eigenvalue weighted by atomic mass is 79.9. The molecule has 24 heavy (non-hydrogen) atoms. The molecule has 1 aliphatic heterocycles. The molecule has 3 rings (SSSR count). The maximum Gasteiger partial charge on any atom is 0.325 e. The van der Waals surface area contributed by atoms with Crippen LogP contribution in [0.1, 0.15) is 38.1 Å². The number of hydrogen-bond acceptors (Lipinski definition) is 5. The van der Waals surface area contributed by atoms with Crippen LogP contribution in [0.5, 0.6) is 0 Å². The van der Waals surface area contributed by atoms with Crippen molar-refractivity contribution in [3.8, 4) is 0 Å². The Labute approximate surface area is 148 Å². The van der Waals surface area contributed by atoms with Gasteiger partial charge in [0.05, 0.1) is 12.0 Å². The summed E-state index contributed by atoms with van der Waals surface area (Å²) in [5.41, 5.74) is -3.14. The van der Waals surface area contributed by atoms with Crippen LogP contribution in [0.4, 0.5) is 0 Å². The molecule has 2 fully saturated rings. The molecule has 0 unspecified atom stereocenters. The monoisotopic (exact) mass is 394 g/mol. The lowest BCUT2D eigenvalue weighted by Gasteiger charge is -2.26. The van der Waals surface area contributed by atoms with Gasteiger partial charge in [-0.15, -0.1) is 0 Å². The summed E-state index contributed by atoms with van der Waals surface area (Å²) < 4.78 is 11.4. The highest BCUT2D eigenvalue weighted by Crippen LogP contribution is 2.78. The number of rotatable bonds is 4. The summed E-state index contributed by atoms with van der Waals surface area (Å²) >= 11 is 3.33. The van der Waals surface area contributed by atoms with E-state index in [1.165, 1.54) is 0 Å². The van der Waals surface area contributed by atoms with Crippen molar-refractivity contribution < 1.29 is 23.9 Å². The zero-order chi connectivity index (χ0) is 17.9. The first kappa shape index (κ1) is 17.1. The van der Waals surface area contributed by atoms with Crippen molar-refractivity contribution in [2.45, 2.75) is 33.3 Å². The Bertz CT molecular complexity index is 738. The van der Waals surface area contributed by atoms with Crippen molar-refractivity contribution in [1.82, 2.24) is 0 Å². The van der Waals surface area contributed by atoms with Crippen molar-refractivity contribution >= 4 is 33.7 Å². The van der Waals surface area contributed by atoms with E-state index in [0.717, 1.165) is 4.47 Å². The number of fused-ring (bicyclic) bond motifs is 1. The standard InChI is InChI=1S/C18H19BrO5/c1-5-23-14(21)18-13(16(2,3)24-15(18)22)17(18,4)12(20)10-6-8-11(19)9-7-10/h6-9,13H,5H2,1-4H3/t13-,17-,18+/m1/s1. The second-order valence-electron chi connectivity index (χ2n) is 6.99. The number of carbonyl (C=O) groups excluding carboxylic acids is 3. The number of esters is 2. The van der Waals surface area contributed by atoms with Crippen LogP contribution in [0, 0.1) is 16.7 Å². The average molecular weight is 395 g/mol. The smallest absolute Gasteiger partial charge is 0.325 e. The van der Waals surface area contributed by atoms with Gasteiger partial charge in [-0.25, -0.2) is 0 Å². The van der Waals surface area contributed by atoms with Gasteiger partial charge >= 0.3 is 11.9 Å². The molecule has 0 aromatic heterocycles. The zero-order valence-electron chi connectivity index (χ0n) is 14.0. The fourth-order valence-electron chi connectivity index (χ4n) is 4.41. The fourth-order valence-corrected chi connectivity index (χ4v) is 4.68. The van der Waals surface area contributed by atoms with E-state index >= 15 is 0 Å². The second kappa shape index (κ2) is 5.15. The van der Waals surface area contributed by atoms with Crippen LogP contribution in [-0.2, 0) is 19.1 Å². The van der Waals surface area contributed by atoms with Crippen molar-refractivity contribution in [2.24, 2.45) is 16.7 Å². The summed E-state index contributed by atoms with van der Waals surface area (Å²) in [5.74, 6) is -2.11. The topological polar surface area (TPSA) is 69.7 Å². The van der Waals surface area contributed by atoms with Gasteiger partial charge in [0.15, 0.2) is 11.2 Å². The Kier molecular flexibility index (Phi) is 3.68. The molecule has 6 heteroatoms. The molecular formula is C18H19BrO5. The number of carbonyl (C=O) groups is 3. The van der Waals surface area contributed by atoms with E-state index < -0.39 is 34.3 Å². The van der Waals surface area contributed by atoms with Crippen molar-refractivity contribution in [3.05, 3.63) is 34.3 Å². The van der Waals surface area contributed by atoms with Gasteiger partial charge in [-0.05, 0) is 32.9 Å². The first-order valence-electron chi connectivity index (χ1n) is 7.85. The SMILES string of the molecule is CCOC(=O)[C@]12C(=O)OC(C)(C)[C@@H]1[C@@]2(C)C(=O)c1ccc(Br)cc1. The Balaban J connectivity index is 2.09. The molecule has 3 atom stereocenters. The largest absolute Gasteiger partial charge is 0.465 e. The average Bonchev–Trinajstić information content (AvgIpc) is 3.03. The van der Waals surface area contributed by atoms with Crippen LogP contribution in [0.2, 0.25) is 0 Å². The summed E-state index contributed by atoms with van der Waals surface area (Å²) in [6, 6.07) is 6.89. The molecule has 0 bridgehead atoms. The molecule has 2 aliphatic rings. The van der Waals surface area contributed by atoms with Crippen LogP contribution in [0.3, 0.4) is 0 Å². The molecule has 1 aromatic rings. The number of cyclic esters (lactones) is 1. The minimum absolute atomic E-state index is 0.142. The van der Waals surface area contributed by atoms with Crippen LogP contribution < -0.4 is 0 Å². The van der Waals surface area contributed by atoms with Crippen LogP contribution in [0.15, 0.2) is 28.7 Å². The minimum atomic E-state index is -1.54. The number of hydrogen-bond donors (Lipinski definition) is 0. The third-order valence-corrected chi connectivity index (χ3v) is 5.82. The maximum atomic E-state index is 13.2. The first-order chi connectivity index (χ1) is 11.1. The van der Waals surface area contributed by atoms with Crippen molar-refractivity contribution in [2.75, 3.05) is 6.61 Å². The number of benzene rings is 1. The van der Waals surface area contributed by atoms with E-state index in [4.69, 9.17) is 9.47 Å². The molecule has 1 saturated heterocycles. The van der Waals surface area contributed by atoms with E-state index in [1.54, 1.807) is 52.0 Å². The van der Waals surface area contributed by atoms with Gasteiger partial charge in [0, 0.05) is 16.0 Å². The summed E-state index contributed by atoms with van der Waals surface area (Å²) in [4.78, 5) is 38.4. The molecule has 0 amide bonds. The molecule has 0 radical (unpaired) electrons. The van der Waals surface area contributed by atoms with E-state index in [-0.39, 0.29) is 12.4 Å². The molecule has 1 aliphatic carbocycles. The Morgan fingerprint density at radius 2 is 1.79 bits per heavy atom. The number of ketones is 1. The lowest BCUT2D eigenvalue weighted by Crippen LogP contribution is -2.39. The predicted octanol–water partition coefficient (Wildman–Crippen LogP) is 3.15. The Morgan fingerprint density at radius 1 is 1.21 bits per heavy atom. The van der Waals surface area contributed by atoms with E-state index in [2.05, 4.69) is 15.9 Å². The molecule has 5 nitrogen and oxygen atoms in total. The van der Waals surface area contributed by atoms with Gasteiger partial charge in [0.2, 0.25) is 0 Å². The molecule has 0 spiro atoms. The van der Waals surface area contributed by atoms with Gasteiger partial charge in [-0.2, -0.15) is 0 Å². The number of ether oxygens (including phenoxy) is 2. The zero-order valence-corrected chi connectivity index (χ0v) is 15.6. The second-order valence-corrected chi connectivity index (χ2v) is 7.91. The quantitative estimate of drug-likeness (QED) is 0.445. The first-order valence-corrected chi connectivity index (χ1v) is 8.64. The summed E-state index contributed by atoms with van der Waals surface area (Å²) in [7, 11) is 0. The fraction of sp³-hybridized carbons (Fsp3) is 0.500. The van der Waals surface area contributed by atoms with E-state index in [0.29, 0.717) is 5.56 Å². The van der Waals surface area contributed by atoms with Gasteiger partial charge in [-0.3, -0.25) is 14.4 Å². The third kappa shape index (κ3) is 1.89. The number of halogens is 1. The Morgan fingerprint density at radius 3 is 2.33 bits per heavy atom. The van der Waals surface area contributed by atoms with Gasteiger partial charge < -0.3 is 9.47 Å². The lowest BCUT2D eigenvalue weighted by molar-refractivity contribution is -0.166. The summed E-state index contributed by atoms with van der Waals surface area (Å²) in [5, 5.41) is 0. The normalized spacial score (nSPS) is 32.7. The van der Waals surface area contributed by atoms with Crippen molar-refractivity contribution in [3.63, 3.8) is 0 Å². The van der Waals surface area contributed by atoms with E-state index in [1.807, 2.05) is 0 Å². The molecular weight excluding hydrogens is 376 g/mol. The molecule has 1 aromatic carbocycles. The molecule has 1 heterocycles. The van der Waals surface area contributed by atoms with Gasteiger partial charge in [0.1, 0.15) is 5.60 Å². The highest BCUT2D eigenvalue weighted by molar-refractivity contribution is 9.10. The van der Waals surface area contributed by atoms with Crippen LogP contribution >= 0.6 is 15.9 Å². The molecule has 1 saturated carbocycles. The van der Waals surface area contributed by atoms with Gasteiger partial charge in [-0.1, -0.05) is 35.0 Å². The Hall–Kier alpha value is -1.69. The summed E-state index contributed by atoms with van der Waals surface area (Å²) in [6.45, 7) is 6.95. The third-order valence-electron chi connectivity index (χ3n) is 5.29. The molecule has 128 valence electrons. The highest BCUT2D eigenvalue weighted by Gasteiger charge is 2.94. The van der Waals surface area contributed by atoms with Crippen LogP contribution in [-0.4, -0.2) is 29.9 Å². The summed E-state index contributed by atoms with van der Waals surface area (Å²) in [6.07, 6.45) is 0. The van der Waals surface area contributed by atoms with Crippen LogP contribution in [0.25, 0.3) is 0 Å². The maximum absolute atomic E-state index is 13.2. The van der Waals surface area contributed by atoms with E-state index in [9.17, 15) is 14.4 Å². The van der Waals surface area contributed by atoms with Gasteiger partial charge in [0.25, 0.3) is 0 Å². The predicted molar refractivity (Wildman–Crippen MR) is 89.3 cm³/mol.